The first kappa shape index (κ1) is 12.7. The number of nitrogen functional groups attached to an aromatic ring is 2. The Bertz CT molecular complexity index is 229. The molecule has 0 fully saturated rings. The van der Waals surface area contributed by atoms with Crippen molar-refractivity contribution in [3.05, 3.63) is 17.8 Å². The zero-order valence-corrected chi connectivity index (χ0v) is 6.98. The van der Waals surface area contributed by atoms with Crippen LogP contribution < -0.4 is 11.5 Å². The van der Waals surface area contributed by atoms with Gasteiger partial charge in [0.15, 0.2) is 0 Å². The van der Waals surface area contributed by atoms with E-state index in [2.05, 4.69) is 4.98 Å². The van der Waals surface area contributed by atoms with Gasteiger partial charge in [0, 0.05) is 5.69 Å². The van der Waals surface area contributed by atoms with Crippen molar-refractivity contribution in [2.24, 2.45) is 0 Å². The van der Waals surface area contributed by atoms with E-state index in [0.29, 0.717) is 11.5 Å². The van der Waals surface area contributed by atoms with Gasteiger partial charge in [0.1, 0.15) is 5.82 Å². The Balaban J connectivity index is 0. The lowest BCUT2D eigenvalue weighted by Gasteiger charge is -1.97. The van der Waals surface area contributed by atoms with Gasteiger partial charge in [-0.05, 0) is 19.1 Å². The average molecular weight is 178 g/mol. The predicted octanol–water partition coefficient (Wildman–Crippen LogP) is 0.152. The lowest BCUT2D eigenvalue weighted by Crippen LogP contribution is -1.97. The van der Waals surface area contributed by atoms with Gasteiger partial charge < -0.3 is 16.9 Å². The highest BCUT2D eigenvalue weighted by Crippen LogP contribution is 2.09. The summed E-state index contributed by atoms with van der Waals surface area (Å²) >= 11 is 0. The number of aromatic nitrogens is 1. The molecule has 1 heterocycles. The number of nitrogens with two attached hydrogens (primary N) is 2. The van der Waals surface area contributed by atoms with Crippen molar-refractivity contribution in [1.82, 2.24) is 4.98 Å². The van der Waals surface area contributed by atoms with Gasteiger partial charge in [0.05, 0.1) is 5.69 Å². The molecule has 0 aliphatic rings. The van der Waals surface area contributed by atoms with Crippen LogP contribution in [0, 0.1) is 6.92 Å². The van der Waals surface area contributed by atoms with Crippen LogP contribution in [0.25, 0.3) is 0 Å². The molecule has 0 amide bonds. The van der Waals surface area contributed by atoms with Crippen LogP contribution in [0.2, 0.25) is 0 Å². The average Bonchev–Trinajstić information content (AvgIpc) is 1.80. The van der Waals surface area contributed by atoms with Crippen molar-refractivity contribution >= 4 is 23.9 Å². The standard InChI is InChI=1S/C6H9N3.ClH.H2O/c1-4-2-3-5(7)6(8)9-4;;/h2-3H,7H2,1H3,(H2,8,9);1H;1H2. The minimum absolute atomic E-state index is 0. The van der Waals surface area contributed by atoms with Gasteiger partial charge in [-0.25, -0.2) is 4.98 Å². The minimum atomic E-state index is 0. The van der Waals surface area contributed by atoms with Crippen molar-refractivity contribution in [2.75, 3.05) is 11.5 Å². The van der Waals surface area contributed by atoms with Crippen LogP contribution in [0.15, 0.2) is 12.1 Å². The maximum absolute atomic E-state index is 5.40. The Morgan fingerprint density at radius 3 is 2.18 bits per heavy atom. The predicted molar refractivity (Wildman–Crippen MR) is 48.7 cm³/mol. The number of aryl methyl sites for hydroxylation is 1. The van der Waals surface area contributed by atoms with Crippen molar-refractivity contribution in [1.29, 1.82) is 0 Å². The molecule has 0 aliphatic carbocycles. The Morgan fingerprint density at radius 2 is 1.82 bits per heavy atom. The number of hydrogen-bond donors (Lipinski definition) is 2. The van der Waals surface area contributed by atoms with Crippen molar-refractivity contribution < 1.29 is 5.48 Å². The summed E-state index contributed by atoms with van der Waals surface area (Å²) < 4.78 is 0. The molecule has 5 heteroatoms. The highest BCUT2D eigenvalue weighted by Gasteiger charge is 1.92. The van der Waals surface area contributed by atoms with E-state index < -0.39 is 0 Å². The second-order valence-electron chi connectivity index (χ2n) is 1.93. The van der Waals surface area contributed by atoms with Crippen LogP contribution in [-0.2, 0) is 0 Å². The Hall–Kier alpha value is -1.00. The van der Waals surface area contributed by atoms with E-state index in [1.165, 1.54) is 0 Å². The molecule has 1 aromatic rings. The molecule has 1 aromatic heterocycles. The zero-order valence-electron chi connectivity index (χ0n) is 6.16. The molecule has 0 spiro atoms. The molecule has 1 rings (SSSR count). The van der Waals surface area contributed by atoms with E-state index in [1.807, 2.05) is 13.0 Å². The molecule has 11 heavy (non-hydrogen) atoms. The third kappa shape index (κ3) is 3.06. The van der Waals surface area contributed by atoms with Crippen molar-refractivity contribution in [3.63, 3.8) is 0 Å². The fraction of sp³-hybridized carbons (Fsp3) is 0.167. The lowest BCUT2D eigenvalue weighted by atomic mass is 10.3. The molecule has 0 aliphatic heterocycles. The second kappa shape index (κ2) is 4.76. The first-order valence-corrected chi connectivity index (χ1v) is 2.69. The molecular weight excluding hydrogens is 166 g/mol. The molecular formula is C6H12ClN3O. The third-order valence-electron chi connectivity index (χ3n) is 1.10. The highest BCUT2D eigenvalue weighted by molar-refractivity contribution is 5.85. The first-order valence-electron chi connectivity index (χ1n) is 2.69. The Kier molecular flexibility index (Phi) is 5.48. The molecule has 0 unspecified atom stereocenters. The number of halogens is 1. The van der Waals surface area contributed by atoms with Crippen molar-refractivity contribution in [3.8, 4) is 0 Å². The number of pyridine rings is 1. The van der Waals surface area contributed by atoms with E-state index in [4.69, 9.17) is 11.5 Å². The normalized spacial score (nSPS) is 7.73. The molecule has 0 atom stereocenters. The van der Waals surface area contributed by atoms with E-state index in [0.717, 1.165) is 5.69 Å². The second-order valence-corrected chi connectivity index (χ2v) is 1.93. The van der Waals surface area contributed by atoms with Gasteiger partial charge in [0.2, 0.25) is 0 Å². The van der Waals surface area contributed by atoms with Crippen LogP contribution in [-0.4, -0.2) is 10.5 Å². The molecule has 4 nitrogen and oxygen atoms in total. The quantitative estimate of drug-likeness (QED) is 0.591. The molecule has 0 saturated carbocycles. The summed E-state index contributed by atoms with van der Waals surface area (Å²) in [6, 6.07) is 3.57. The van der Waals surface area contributed by atoms with Crippen LogP contribution >= 0.6 is 12.4 Å². The van der Waals surface area contributed by atoms with Gasteiger partial charge in [-0.3, -0.25) is 0 Å². The zero-order chi connectivity index (χ0) is 6.85. The van der Waals surface area contributed by atoms with Crippen LogP contribution in [0.3, 0.4) is 0 Å². The molecule has 0 aromatic carbocycles. The smallest absolute Gasteiger partial charge is 0.146 e. The summed E-state index contributed by atoms with van der Waals surface area (Å²) in [6.45, 7) is 1.87. The summed E-state index contributed by atoms with van der Waals surface area (Å²) in [5.41, 5.74) is 12.2. The number of hydrogen-bond acceptors (Lipinski definition) is 3. The van der Waals surface area contributed by atoms with Gasteiger partial charge in [-0.2, -0.15) is 0 Å². The number of rotatable bonds is 0. The van der Waals surface area contributed by atoms with Gasteiger partial charge >= 0.3 is 0 Å². The van der Waals surface area contributed by atoms with Crippen LogP contribution in [0.5, 0.6) is 0 Å². The maximum Gasteiger partial charge on any atom is 0.146 e. The van der Waals surface area contributed by atoms with Crippen LogP contribution in [0.1, 0.15) is 5.69 Å². The molecule has 0 saturated heterocycles. The summed E-state index contributed by atoms with van der Waals surface area (Å²) in [6.07, 6.45) is 0. The summed E-state index contributed by atoms with van der Waals surface area (Å²) in [5, 5.41) is 0. The van der Waals surface area contributed by atoms with Crippen LogP contribution in [0.4, 0.5) is 11.5 Å². The van der Waals surface area contributed by atoms with Gasteiger partial charge in [-0.1, -0.05) is 0 Å². The number of nitrogens with zero attached hydrogens (tertiary/aromatic N) is 1. The fourth-order valence-electron chi connectivity index (χ4n) is 0.588. The Labute approximate surface area is 71.3 Å². The fourth-order valence-corrected chi connectivity index (χ4v) is 0.588. The highest BCUT2D eigenvalue weighted by atomic mass is 35.5. The first-order chi connectivity index (χ1) is 4.20. The Morgan fingerprint density at radius 1 is 1.27 bits per heavy atom. The maximum atomic E-state index is 5.40. The minimum Gasteiger partial charge on any atom is -0.412 e. The SMILES string of the molecule is Cc1ccc(N)c(N)n1.Cl.O. The summed E-state index contributed by atoms with van der Waals surface area (Å²) in [5.74, 6) is 0.412. The van der Waals surface area contributed by atoms with E-state index >= 15 is 0 Å². The summed E-state index contributed by atoms with van der Waals surface area (Å²) in [7, 11) is 0. The molecule has 0 radical (unpaired) electrons. The van der Waals surface area contributed by atoms with Gasteiger partial charge in [-0.15, -0.1) is 12.4 Å². The van der Waals surface area contributed by atoms with Gasteiger partial charge in [0.25, 0.3) is 0 Å². The monoisotopic (exact) mass is 177 g/mol. The molecule has 6 N–H and O–H groups in total. The number of anilines is 2. The molecule has 0 bridgehead atoms. The largest absolute Gasteiger partial charge is 0.412 e. The van der Waals surface area contributed by atoms with E-state index in [9.17, 15) is 0 Å². The van der Waals surface area contributed by atoms with E-state index in [1.54, 1.807) is 6.07 Å². The summed E-state index contributed by atoms with van der Waals surface area (Å²) in [4.78, 5) is 3.93. The van der Waals surface area contributed by atoms with Crippen molar-refractivity contribution in [2.45, 2.75) is 6.92 Å². The topological polar surface area (TPSA) is 96.4 Å². The molecule has 64 valence electrons. The lowest BCUT2D eigenvalue weighted by molar-refractivity contribution is 0.824. The third-order valence-corrected chi connectivity index (χ3v) is 1.10. The van der Waals surface area contributed by atoms with E-state index in [-0.39, 0.29) is 17.9 Å².